The first-order valence-corrected chi connectivity index (χ1v) is 5.79. The van der Waals surface area contributed by atoms with Crippen LogP contribution in [0.1, 0.15) is 23.2 Å². The Bertz CT molecular complexity index is 487. The van der Waals surface area contributed by atoms with Crippen molar-refractivity contribution in [2.45, 2.75) is 18.9 Å². The normalized spacial score (nSPS) is 18.4. The summed E-state index contributed by atoms with van der Waals surface area (Å²) in [5, 5.41) is 5.97. The lowest BCUT2D eigenvalue weighted by molar-refractivity contribution is -0.119. The Morgan fingerprint density at radius 3 is 2.89 bits per heavy atom. The van der Waals surface area contributed by atoms with Crippen molar-refractivity contribution in [1.29, 1.82) is 0 Å². The number of primary amides is 1. The van der Waals surface area contributed by atoms with Gasteiger partial charge in [-0.1, -0.05) is 0 Å². The van der Waals surface area contributed by atoms with Gasteiger partial charge < -0.3 is 22.1 Å². The first-order chi connectivity index (χ1) is 8.56. The molecule has 0 aliphatic carbocycles. The highest BCUT2D eigenvalue weighted by atomic mass is 16.2. The SMILES string of the molecule is NC(=O)c1ccc(N)c(NCC2CCC(=O)N2)c1. The van der Waals surface area contributed by atoms with Crippen LogP contribution in [-0.2, 0) is 4.79 Å². The van der Waals surface area contributed by atoms with E-state index in [0.29, 0.717) is 29.9 Å². The van der Waals surface area contributed by atoms with Crippen molar-refractivity contribution in [1.82, 2.24) is 5.32 Å². The molecule has 1 aliphatic rings. The highest BCUT2D eigenvalue weighted by Gasteiger charge is 2.20. The third-order valence-corrected chi connectivity index (χ3v) is 2.96. The fraction of sp³-hybridized carbons (Fsp3) is 0.333. The largest absolute Gasteiger partial charge is 0.397 e. The Labute approximate surface area is 105 Å². The lowest BCUT2D eigenvalue weighted by atomic mass is 10.1. The Morgan fingerprint density at radius 2 is 2.28 bits per heavy atom. The standard InChI is InChI=1S/C12H16N4O2/c13-9-3-1-7(12(14)18)5-10(9)15-6-8-2-4-11(17)16-8/h1,3,5,8,15H,2,4,6,13H2,(H2,14,18)(H,16,17). The van der Waals surface area contributed by atoms with Crippen LogP contribution in [0.25, 0.3) is 0 Å². The molecular weight excluding hydrogens is 232 g/mol. The van der Waals surface area contributed by atoms with Crippen LogP contribution in [-0.4, -0.2) is 24.4 Å². The quantitative estimate of drug-likeness (QED) is 0.564. The summed E-state index contributed by atoms with van der Waals surface area (Å²) in [6.07, 6.45) is 1.37. The fourth-order valence-electron chi connectivity index (χ4n) is 1.93. The number of anilines is 2. The number of carbonyl (C=O) groups excluding carboxylic acids is 2. The smallest absolute Gasteiger partial charge is 0.248 e. The average molecular weight is 248 g/mol. The molecule has 6 heteroatoms. The van der Waals surface area contributed by atoms with E-state index in [0.717, 1.165) is 6.42 Å². The summed E-state index contributed by atoms with van der Waals surface area (Å²) < 4.78 is 0. The molecule has 18 heavy (non-hydrogen) atoms. The summed E-state index contributed by atoms with van der Waals surface area (Å²) in [5.41, 5.74) is 12.6. The lowest BCUT2D eigenvalue weighted by Crippen LogP contribution is -2.32. The predicted molar refractivity (Wildman–Crippen MR) is 69.0 cm³/mol. The molecule has 0 bridgehead atoms. The van der Waals surface area contributed by atoms with Crippen LogP contribution in [0.3, 0.4) is 0 Å². The number of amides is 2. The van der Waals surface area contributed by atoms with E-state index in [-0.39, 0.29) is 11.9 Å². The van der Waals surface area contributed by atoms with Crippen LogP contribution in [0.2, 0.25) is 0 Å². The Morgan fingerprint density at radius 1 is 1.50 bits per heavy atom. The van der Waals surface area contributed by atoms with E-state index in [1.54, 1.807) is 18.2 Å². The molecule has 6 nitrogen and oxygen atoms in total. The topological polar surface area (TPSA) is 110 Å². The van der Waals surface area contributed by atoms with Crippen molar-refractivity contribution in [2.75, 3.05) is 17.6 Å². The van der Waals surface area contributed by atoms with E-state index in [4.69, 9.17) is 11.5 Å². The number of nitrogens with two attached hydrogens (primary N) is 2. The third-order valence-electron chi connectivity index (χ3n) is 2.96. The maximum Gasteiger partial charge on any atom is 0.248 e. The summed E-state index contributed by atoms with van der Waals surface area (Å²) in [5.74, 6) is -0.423. The molecule has 1 fully saturated rings. The fourth-order valence-corrected chi connectivity index (χ4v) is 1.93. The molecule has 0 saturated carbocycles. The molecule has 1 saturated heterocycles. The second kappa shape index (κ2) is 4.95. The molecule has 1 aliphatic heterocycles. The molecule has 1 atom stereocenters. The first kappa shape index (κ1) is 12.2. The second-order valence-corrected chi connectivity index (χ2v) is 4.35. The number of nitrogen functional groups attached to an aromatic ring is 1. The maximum atomic E-state index is 11.1. The number of benzene rings is 1. The Kier molecular flexibility index (Phi) is 3.36. The molecule has 0 radical (unpaired) electrons. The van der Waals surface area contributed by atoms with Crippen molar-refractivity contribution in [3.8, 4) is 0 Å². The van der Waals surface area contributed by atoms with E-state index < -0.39 is 5.91 Å². The molecule has 2 rings (SSSR count). The van der Waals surface area contributed by atoms with Gasteiger partial charge in [-0.15, -0.1) is 0 Å². The third kappa shape index (κ3) is 2.71. The van der Waals surface area contributed by atoms with Gasteiger partial charge in [-0.3, -0.25) is 9.59 Å². The summed E-state index contributed by atoms with van der Waals surface area (Å²) in [4.78, 5) is 22.1. The highest BCUT2D eigenvalue weighted by Crippen LogP contribution is 2.20. The Hall–Kier alpha value is -2.24. The predicted octanol–water partition coefficient (Wildman–Crippen LogP) is 0.0582. The van der Waals surface area contributed by atoms with E-state index in [1.165, 1.54) is 0 Å². The van der Waals surface area contributed by atoms with E-state index >= 15 is 0 Å². The van der Waals surface area contributed by atoms with Gasteiger partial charge in [0.15, 0.2) is 0 Å². The van der Waals surface area contributed by atoms with Crippen molar-refractivity contribution < 1.29 is 9.59 Å². The van der Waals surface area contributed by atoms with Crippen molar-refractivity contribution >= 4 is 23.2 Å². The number of nitrogens with one attached hydrogen (secondary N) is 2. The number of hydrogen-bond donors (Lipinski definition) is 4. The van der Waals surface area contributed by atoms with E-state index in [9.17, 15) is 9.59 Å². The minimum Gasteiger partial charge on any atom is -0.397 e. The van der Waals surface area contributed by atoms with Crippen molar-refractivity contribution in [3.05, 3.63) is 23.8 Å². The van der Waals surface area contributed by atoms with Crippen LogP contribution in [0.15, 0.2) is 18.2 Å². The van der Waals surface area contributed by atoms with Gasteiger partial charge in [-0.05, 0) is 24.6 Å². The number of carbonyl (C=O) groups is 2. The summed E-state index contributed by atoms with van der Waals surface area (Å²) in [6, 6.07) is 4.94. The molecule has 1 unspecified atom stereocenters. The summed E-state index contributed by atoms with van der Waals surface area (Å²) in [7, 11) is 0. The summed E-state index contributed by atoms with van der Waals surface area (Å²) in [6.45, 7) is 0.582. The zero-order chi connectivity index (χ0) is 13.1. The van der Waals surface area contributed by atoms with Gasteiger partial charge in [-0.25, -0.2) is 0 Å². The molecule has 1 aromatic carbocycles. The van der Waals surface area contributed by atoms with Gasteiger partial charge in [-0.2, -0.15) is 0 Å². The zero-order valence-electron chi connectivity index (χ0n) is 9.90. The highest BCUT2D eigenvalue weighted by molar-refractivity contribution is 5.94. The first-order valence-electron chi connectivity index (χ1n) is 5.79. The minimum absolute atomic E-state index is 0.0701. The van der Waals surface area contributed by atoms with Crippen LogP contribution in [0.4, 0.5) is 11.4 Å². The number of rotatable bonds is 4. The van der Waals surface area contributed by atoms with Gasteiger partial charge in [0, 0.05) is 24.6 Å². The molecular formula is C12H16N4O2. The molecule has 2 amide bonds. The zero-order valence-corrected chi connectivity index (χ0v) is 9.90. The van der Waals surface area contributed by atoms with Gasteiger partial charge >= 0.3 is 0 Å². The van der Waals surface area contributed by atoms with E-state index in [1.807, 2.05) is 0 Å². The molecule has 96 valence electrons. The van der Waals surface area contributed by atoms with Crippen LogP contribution >= 0.6 is 0 Å². The van der Waals surface area contributed by atoms with Crippen molar-refractivity contribution in [3.63, 3.8) is 0 Å². The lowest BCUT2D eigenvalue weighted by Gasteiger charge is -2.14. The van der Waals surface area contributed by atoms with Crippen LogP contribution < -0.4 is 22.1 Å². The van der Waals surface area contributed by atoms with Gasteiger partial charge in [0.25, 0.3) is 0 Å². The van der Waals surface area contributed by atoms with Gasteiger partial charge in [0.2, 0.25) is 11.8 Å². The average Bonchev–Trinajstić information content (AvgIpc) is 2.74. The molecule has 1 heterocycles. The maximum absolute atomic E-state index is 11.1. The number of hydrogen-bond acceptors (Lipinski definition) is 4. The Balaban J connectivity index is 2.02. The molecule has 1 aromatic rings. The van der Waals surface area contributed by atoms with E-state index in [2.05, 4.69) is 10.6 Å². The second-order valence-electron chi connectivity index (χ2n) is 4.35. The van der Waals surface area contributed by atoms with Gasteiger partial charge in [0.05, 0.1) is 11.4 Å². The molecule has 6 N–H and O–H groups in total. The summed E-state index contributed by atoms with van der Waals surface area (Å²) >= 11 is 0. The molecule has 0 spiro atoms. The van der Waals surface area contributed by atoms with Crippen LogP contribution in [0, 0.1) is 0 Å². The van der Waals surface area contributed by atoms with Crippen LogP contribution in [0.5, 0.6) is 0 Å². The minimum atomic E-state index is -0.493. The van der Waals surface area contributed by atoms with Gasteiger partial charge in [0.1, 0.15) is 0 Å². The van der Waals surface area contributed by atoms with Crippen molar-refractivity contribution in [2.24, 2.45) is 5.73 Å². The molecule has 0 aromatic heterocycles. The monoisotopic (exact) mass is 248 g/mol.